The Bertz CT molecular complexity index is 905. The molecule has 6 nitrogen and oxygen atoms in total. The summed E-state index contributed by atoms with van der Waals surface area (Å²) in [4.78, 5) is 12.5. The first-order chi connectivity index (χ1) is 13.5. The molecule has 0 aromatic heterocycles. The Labute approximate surface area is 165 Å². The molecule has 1 unspecified atom stereocenters. The Balaban J connectivity index is 1.75. The predicted octanol–water partition coefficient (Wildman–Crippen LogP) is 2.98. The molecule has 1 fully saturated rings. The smallest absolute Gasteiger partial charge is 0.264 e. The van der Waals surface area contributed by atoms with E-state index in [9.17, 15) is 13.2 Å². The molecular formula is C21H24N2O4S. The summed E-state index contributed by atoms with van der Waals surface area (Å²) in [6.45, 7) is 5.00. The molecule has 1 saturated heterocycles. The first-order valence-electron chi connectivity index (χ1n) is 9.21. The van der Waals surface area contributed by atoms with Gasteiger partial charge in [0.25, 0.3) is 15.9 Å². The summed E-state index contributed by atoms with van der Waals surface area (Å²) in [5.41, 5.74) is 0.942. The lowest BCUT2D eigenvalue weighted by atomic mass is 10.2. The van der Waals surface area contributed by atoms with Gasteiger partial charge in [-0.05, 0) is 49.2 Å². The molecule has 1 N–H and O–H groups in total. The minimum Gasteiger partial charge on any atom is -0.376 e. The van der Waals surface area contributed by atoms with Crippen molar-refractivity contribution in [1.29, 1.82) is 0 Å². The summed E-state index contributed by atoms with van der Waals surface area (Å²) in [6.07, 6.45) is 3.57. The molecule has 148 valence electrons. The summed E-state index contributed by atoms with van der Waals surface area (Å²) in [7, 11) is -3.73. The van der Waals surface area contributed by atoms with Crippen molar-refractivity contribution in [3.63, 3.8) is 0 Å². The fourth-order valence-electron chi connectivity index (χ4n) is 3.07. The SMILES string of the molecule is C=CCN(c1ccc(C(=O)NCC2CCCO2)cc1)S(=O)(=O)c1ccccc1. The number of anilines is 1. The van der Waals surface area contributed by atoms with Gasteiger partial charge >= 0.3 is 0 Å². The van der Waals surface area contributed by atoms with E-state index >= 15 is 0 Å². The zero-order valence-corrected chi connectivity index (χ0v) is 16.4. The Morgan fingerprint density at radius 1 is 1.18 bits per heavy atom. The summed E-state index contributed by atoms with van der Waals surface area (Å²) in [5.74, 6) is -0.205. The lowest BCUT2D eigenvalue weighted by Gasteiger charge is -2.23. The van der Waals surface area contributed by atoms with Crippen molar-refractivity contribution in [2.45, 2.75) is 23.8 Å². The van der Waals surface area contributed by atoms with Gasteiger partial charge in [-0.2, -0.15) is 0 Å². The molecule has 1 amide bonds. The molecule has 3 rings (SSSR count). The number of hydrogen-bond acceptors (Lipinski definition) is 4. The van der Waals surface area contributed by atoms with E-state index in [4.69, 9.17) is 4.74 Å². The lowest BCUT2D eigenvalue weighted by molar-refractivity contribution is 0.0858. The number of benzene rings is 2. The Hall–Kier alpha value is -2.64. The molecular weight excluding hydrogens is 376 g/mol. The molecule has 0 spiro atoms. The molecule has 0 aliphatic carbocycles. The fourth-order valence-corrected chi connectivity index (χ4v) is 4.53. The van der Waals surface area contributed by atoms with E-state index in [1.807, 2.05) is 0 Å². The van der Waals surface area contributed by atoms with Crippen molar-refractivity contribution >= 4 is 21.6 Å². The van der Waals surface area contributed by atoms with Crippen LogP contribution in [0.3, 0.4) is 0 Å². The molecule has 0 saturated carbocycles. The van der Waals surface area contributed by atoms with Crippen molar-refractivity contribution in [2.75, 3.05) is 24.0 Å². The van der Waals surface area contributed by atoms with E-state index in [0.29, 0.717) is 17.8 Å². The highest BCUT2D eigenvalue weighted by Crippen LogP contribution is 2.24. The second kappa shape index (κ2) is 9.03. The van der Waals surface area contributed by atoms with Gasteiger partial charge in [-0.15, -0.1) is 6.58 Å². The third kappa shape index (κ3) is 4.61. The van der Waals surface area contributed by atoms with Crippen LogP contribution in [-0.4, -0.2) is 40.1 Å². The van der Waals surface area contributed by atoms with Crippen molar-refractivity contribution < 1.29 is 17.9 Å². The van der Waals surface area contributed by atoms with Gasteiger partial charge < -0.3 is 10.1 Å². The molecule has 2 aromatic rings. The van der Waals surface area contributed by atoms with Gasteiger partial charge in [-0.25, -0.2) is 8.42 Å². The summed E-state index contributed by atoms with van der Waals surface area (Å²) in [6, 6.07) is 14.7. The van der Waals surface area contributed by atoms with E-state index in [1.54, 1.807) is 54.6 Å². The highest BCUT2D eigenvalue weighted by molar-refractivity contribution is 7.92. The van der Waals surface area contributed by atoms with Crippen LogP contribution in [0.4, 0.5) is 5.69 Å². The molecule has 1 heterocycles. The first kappa shape index (κ1) is 20.1. The zero-order valence-electron chi connectivity index (χ0n) is 15.6. The molecule has 0 bridgehead atoms. The normalized spacial score (nSPS) is 16.5. The molecule has 7 heteroatoms. The van der Waals surface area contributed by atoms with E-state index < -0.39 is 10.0 Å². The Morgan fingerprint density at radius 2 is 1.89 bits per heavy atom. The molecule has 1 atom stereocenters. The Kier molecular flexibility index (Phi) is 6.49. The number of carbonyl (C=O) groups is 1. The number of carbonyl (C=O) groups excluding carboxylic acids is 1. The van der Waals surface area contributed by atoms with E-state index in [1.165, 1.54) is 10.4 Å². The second-order valence-electron chi connectivity index (χ2n) is 6.53. The van der Waals surface area contributed by atoms with Crippen molar-refractivity contribution in [3.8, 4) is 0 Å². The van der Waals surface area contributed by atoms with Crippen LogP contribution in [-0.2, 0) is 14.8 Å². The van der Waals surface area contributed by atoms with E-state index in [0.717, 1.165) is 19.4 Å². The molecule has 28 heavy (non-hydrogen) atoms. The minimum absolute atomic E-state index is 0.0716. The van der Waals surface area contributed by atoms with Crippen molar-refractivity contribution in [1.82, 2.24) is 5.32 Å². The summed E-state index contributed by atoms with van der Waals surface area (Å²) < 4.78 is 32.7. The summed E-state index contributed by atoms with van der Waals surface area (Å²) >= 11 is 0. The quantitative estimate of drug-likeness (QED) is 0.691. The third-order valence-electron chi connectivity index (χ3n) is 4.56. The van der Waals surface area contributed by atoms with Crippen LogP contribution in [0.15, 0.2) is 72.1 Å². The van der Waals surface area contributed by atoms with Gasteiger partial charge in [0.05, 0.1) is 23.2 Å². The predicted molar refractivity (Wildman–Crippen MR) is 109 cm³/mol. The topological polar surface area (TPSA) is 75.7 Å². The average molecular weight is 401 g/mol. The monoisotopic (exact) mass is 400 g/mol. The molecule has 0 radical (unpaired) electrons. The number of amides is 1. The molecule has 1 aliphatic heterocycles. The van der Waals surface area contributed by atoms with Crippen LogP contribution >= 0.6 is 0 Å². The molecule has 2 aromatic carbocycles. The first-order valence-corrected chi connectivity index (χ1v) is 10.6. The number of nitrogens with zero attached hydrogens (tertiary/aromatic N) is 1. The second-order valence-corrected chi connectivity index (χ2v) is 8.39. The van der Waals surface area contributed by atoms with Crippen molar-refractivity contribution in [3.05, 3.63) is 72.8 Å². The Morgan fingerprint density at radius 3 is 2.50 bits per heavy atom. The number of nitrogens with one attached hydrogen (secondary N) is 1. The number of hydrogen-bond donors (Lipinski definition) is 1. The average Bonchev–Trinajstić information content (AvgIpc) is 3.24. The van der Waals surface area contributed by atoms with E-state index in [2.05, 4.69) is 11.9 Å². The highest BCUT2D eigenvalue weighted by atomic mass is 32.2. The van der Waals surface area contributed by atoms with Gasteiger partial charge in [0.1, 0.15) is 0 Å². The molecule has 1 aliphatic rings. The standard InChI is InChI=1S/C21H24N2O4S/c1-2-14-23(28(25,26)20-8-4-3-5-9-20)18-12-10-17(11-13-18)21(24)22-16-19-7-6-15-27-19/h2-5,8-13,19H,1,6-7,14-16H2,(H,22,24). The minimum atomic E-state index is -3.73. The number of sulfonamides is 1. The maximum Gasteiger partial charge on any atom is 0.264 e. The largest absolute Gasteiger partial charge is 0.376 e. The maximum atomic E-state index is 13.0. The van der Waals surface area contributed by atoms with Gasteiger partial charge in [0.2, 0.25) is 0 Å². The number of rotatable bonds is 8. The van der Waals surface area contributed by atoms with Crippen LogP contribution in [0, 0.1) is 0 Å². The van der Waals surface area contributed by atoms with Crippen LogP contribution in [0.1, 0.15) is 23.2 Å². The van der Waals surface area contributed by atoms with Crippen LogP contribution < -0.4 is 9.62 Å². The summed E-state index contributed by atoms with van der Waals surface area (Å²) in [5, 5.41) is 2.86. The zero-order chi connectivity index (χ0) is 20.0. The highest BCUT2D eigenvalue weighted by Gasteiger charge is 2.24. The van der Waals surface area contributed by atoms with Crippen LogP contribution in [0.25, 0.3) is 0 Å². The van der Waals surface area contributed by atoms with Crippen LogP contribution in [0.2, 0.25) is 0 Å². The lowest BCUT2D eigenvalue weighted by Crippen LogP contribution is -2.32. The van der Waals surface area contributed by atoms with Gasteiger partial charge in [0.15, 0.2) is 0 Å². The third-order valence-corrected chi connectivity index (χ3v) is 6.37. The van der Waals surface area contributed by atoms with Gasteiger partial charge in [-0.1, -0.05) is 24.3 Å². The van der Waals surface area contributed by atoms with E-state index in [-0.39, 0.29) is 23.5 Å². The maximum absolute atomic E-state index is 13.0. The fraction of sp³-hybridized carbons (Fsp3) is 0.286. The number of ether oxygens (including phenoxy) is 1. The van der Waals surface area contributed by atoms with Crippen molar-refractivity contribution in [2.24, 2.45) is 0 Å². The van der Waals surface area contributed by atoms with Gasteiger partial charge in [-0.3, -0.25) is 9.10 Å². The van der Waals surface area contributed by atoms with Gasteiger partial charge in [0, 0.05) is 18.7 Å². The van der Waals surface area contributed by atoms with Crippen LogP contribution in [0.5, 0.6) is 0 Å².